The van der Waals surface area contributed by atoms with Crippen LogP contribution < -0.4 is 0 Å². The molecule has 250 valence electrons. The van der Waals surface area contributed by atoms with E-state index in [-0.39, 0.29) is 30.6 Å². The van der Waals surface area contributed by atoms with Gasteiger partial charge in [-0.3, -0.25) is 19.9 Å². The maximum absolute atomic E-state index is 10.8. The van der Waals surface area contributed by atoms with Crippen molar-refractivity contribution in [2.45, 2.75) is 0 Å². The summed E-state index contributed by atoms with van der Waals surface area (Å²) in [5, 5.41) is 36.9. The first kappa shape index (κ1) is 39.3. The topological polar surface area (TPSA) is 172 Å². The molecule has 0 fully saturated rings. The second kappa shape index (κ2) is 19.8. The summed E-state index contributed by atoms with van der Waals surface area (Å²) in [6.45, 7) is 0. The third-order valence-electron chi connectivity index (χ3n) is 7.07. The molecule has 0 saturated carbocycles. The third-order valence-corrected chi connectivity index (χ3v) is 7.07. The average Bonchev–Trinajstić information content (AvgIpc) is 3.16. The minimum atomic E-state index is -1.08. The van der Waals surface area contributed by atoms with Crippen LogP contribution in [0.5, 0.6) is 0 Å². The standard InChI is InChI=1S/C24H16N2.C12H8N2O4.CHNS.CNS.Ru/c1-3-7-17(8-4-1)19-13-15-25-23-21(19)11-12-22-20(14-16-26-24(22)23)18-9-5-2-6-10-18;15-11(16)7-1-3-13-9(5-7)10-6-8(12(17)18)2-4-14-10;2*2-1-3;/h1-16H;1-6H,(H,15,16)(H,17,18);3H;;/q;;;-1;+2/p-1. The van der Waals surface area contributed by atoms with Gasteiger partial charge < -0.3 is 28.3 Å². The van der Waals surface area contributed by atoms with Crippen LogP contribution >= 0.6 is 12.2 Å². The van der Waals surface area contributed by atoms with Crippen LogP contribution in [0.25, 0.3) is 60.9 Å². The number of nitrogens with zero attached hydrogens (tertiary/aromatic N) is 6. The molecule has 2 N–H and O–H groups in total. The number of pyridine rings is 4. The molecule has 0 unspecified atom stereocenters. The normalized spacial score (nSPS) is 9.47. The molecule has 0 spiro atoms. The Kier molecular flexibility index (Phi) is 15.2. The number of carboxylic acids is 2. The van der Waals surface area contributed by atoms with Gasteiger partial charge in [0, 0.05) is 35.6 Å². The number of isothiocyanates is 1. The number of rotatable bonds is 5. The van der Waals surface area contributed by atoms with Crippen molar-refractivity contribution in [2.75, 3.05) is 0 Å². The van der Waals surface area contributed by atoms with E-state index in [1.807, 2.05) is 24.5 Å². The van der Waals surface area contributed by atoms with Crippen molar-refractivity contribution in [3.63, 3.8) is 0 Å². The summed E-state index contributed by atoms with van der Waals surface area (Å²) >= 11 is 7.40. The number of carboxylic acid groups (broad SMARTS) is 2. The van der Waals surface area contributed by atoms with Gasteiger partial charge in [-0.25, -0.2) is 14.9 Å². The third kappa shape index (κ3) is 10.2. The maximum Gasteiger partial charge on any atom is 2.00 e. The number of carbonyl (C=O) groups is 2. The quantitative estimate of drug-likeness (QED) is 0.0429. The molecule has 0 bridgehead atoms. The molecule has 0 aliphatic heterocycles. The van der Waals surface area contributed by atoms with E-state index in [9.17, 15) is 9.59 Å². The van der Waals surface area contributed by atoms with Crippen molar-refractivity contribution in [2.24, 2.45) is 0 Å². The van der Waals surface area contributed by atoms with Gasteiger partial charge in [-0.15, -0.1) is 0 Å². The minimum absolute atomic E-state index is 0. The van der Waals surface area contributed by atoms with Crippen molar-refractivity contribution in [3.05, 3.63) is 151 Å². The molecule has 0 aliphatic rings. The Bertz CT molecular complexity index is 2200. The summed E-state index contributed by atoms with van der Waals surface area (Å²) < 4.78 is 0. The van der Waals surface area contributed by atoms with Gasteiger partial charge in [0.25, 0.3) is 0 Å². The van der Waals surface area contributed by atoms with Gasteiger partial charge in [-0.1, -0.05) is 90.4 Å². The Morgan fingerprint density at radius 3 is 1.29 bits per heavy atom. The van der Waals surface area contributed by atoms with Gasteiger partial charge in [-0.05, 0) is 58.7 Å². The zero-order valence-electron chi connectivity index (χ0n) is 26.3. The second-order valence-corrected chi connectivity index (χ2v) is 10.3. The van der Waals surface area contributed by atoms with Gasteiger partial charge in [0.05, 0.1) is 33.5 Å². The smallest absolute Gasteiger partial charge is 0.753 e. The van der Waals surface area contributed by atoms with Gasteiger partial charge in [0.1, 0.15) is 0 Å². The van der Waals surface area contributed by atoms with Gasteiger partial charge >= 0.3 is 31.4 Å². The molecule has 3 aromatic carbocycles. The van der Waals surface area contributed by atoms with Crippen LogP contribution in [0.2, 0.25) is 0 Å². The van der Waals surface area contributed by atoms with Crippen molar-refractivity contribution in [1.82, 2.24) is 19.9 Å². The largest absolute Gasteiger partial charge is 2.00 e. The Balaban J connectivity index is 0.000000246. The Labute approximate surface area is 316 Å². The van der Waals surface area contributed by atoms with E-state index in [0.29, 0.717) is 11.4 Å². The molecule has 7 rings (SSSR count). The number of aromatic carboxylic acids is 2. The van der Waals surface area contributed by atoms with Crippen molar-refractivity contribution in [1.29, 1.82) is 5.26 Å². The van der Waals surface area contributed by atoms with Crippen LogP contribution in [0, 0.1) is 10.7 Å². The molecule has 0 amide bonds. The van der Waals surface area contributed by atoms with Crippen LogP contribution in [-0.2, 0) is 32.1 Å². The number of thiocyanates is 1. The fraction of sp³-hybridized carbons (Fsp3) is 0. The summed E-state index contributed by atoms with van der Waals surface area (Å²) in [7, 11) is 0. The number of thiocarbonyl (C=S) groups is 1. The Morgan fingerprint density at radius 2 is 0.961 bits per heavy atom. The monoisotopic (exact) mass is 794 g/mol. The molecular weight excluding hydrogens is 770 g/mol. The van der Waals surface area contributed by atoms with E-state index in [2.05, 4.69) is 118 Å². The van der Waals surface area contributed by atoms with Gasteiger partial charge in [-0.2, -0.15) is 5.16 Å². The second-order valence-electron chi connectivity index (χ2n) is 9.96. The summed E-state index contributed by atoms with van der Waals surface area (Å²) in [5.41, 5.74) is 7.43. The Hall–Kier alpha value is -6.15. The first-order chi connectivity index (χ1) is 24.3. The van der Waals surface area contributed by atoms with Crippen LogP contribution in [0.15, 0.2) is 134 Å². The van der Waals surface area contributed by atoms with E-state index in [1.54, 1.807) is 0 Å². The summed E-state index contributed by atoms with van der Waals surface area (Å²) in [5.74, 6) is -2.15. The molecule has 0 atom stereocenters. The number of benzene rings is 3. The first-order valence-corrected chi connectivity index (χ1v) is 15.3. The fourth-order valence-electron chi connectivity index (χ4n) is 4.97. The van der Waals surface area contributed by atoms with Crippen molar-refractivity contribution in [3.8, 4) is 39.0 Å². The molecule has 4 aromatic heterocycles. The predicted molar refractivity (Wildman–Crippen MR) is 198 cm³/mol. The van der Waals surface area contributed by atoms with E-state index >= 15 is 0 Å². The zero-order chi connectivity index (χ0) is 35.9. The van der Waals surface area contributed by atoms with Crippen molar-refractivity contribution >= 4 is 63.8 Å². The fourth-order valence-corrected chi connectivity index (χ4v) is 4.97. The van der Waals surface area contributed by atoms with Crippen LogP contribution in [0.1, 0.15) is 20.7 Å². The molecule has 0 radical (unpaired) electrons. The van der Waals surface area contributed by atoms with Gasteiger partial charge in [0.15, 0.2) is 0 Å². The number of hydrogen-bond acceptors (Lipinski definition) is 9. The number of fused-ring (bicyclic) bond motifs is 3. The minimum Gasteiger partial charge on any atom is -0.753 e. The summed E-state index contributed by atoms with van der Waals surface area (Å²) in [4.78, 5) is 38.9. The summed E-state index contributed by atoms with van der Waals surface area (Å²) in [6.07, 6.45) is 6.43. The van der Waals surface area contributed by atoms with Crippen LogP contribution in [0.4, 0.5) is 0 Å². The number of hydrogen-bond donors (Lipinski definition) is 2. The van der Waals surface area contributed by atoms with E-state index < -0.39 is 11.9 Å². The molecule has 0 aliphatic carbocycles. The molecule has 4 heterocycles. The van der Waals surface area contributed by atoms with Crippen LogP contribution in [-0.4, -0.2) is 47.2 Å². The SMILES string of the molecule is N#C[S-].O=C(O)c1ccnc(-c2cc(C(=O)O)ccn2)c1.[N-]=C=S.[Ru+2].c1ccc(-c2ccnc3c2ccc2c(-c4ccccc4)ccnc23)cc1. The molecule has 7 aromatic rings. The van der Waals surface area contributed by atoms with Gasteiger partial charge in [0.2, 0.25) is 0 Å². The molecule has 13 heteroatoms. The van der Waals surface area contributed by atoms with Crippen molar-refractivity contribution < 1.29 is 39.3 Å². The number of aromatic nitrogens is 4. The summed E-state index contributed by atoms with van der Waals surface area (Å²) in [6, 6.07) is 34.7. The number of nitriles is 1. The predicted octanol–water partition coefficient (Wildman–Crippen LogP) is 8.33. The van der Waals surface area contributed by atoms with E-state index in [0.717, 1.165) is 21.8 Å². The van der Waals surface area contributed by atoms with Crippen LogP contribution in [0.3, 0.4) is 0 Å². The van der Waals surface area contributed by atoms with E-state index in [4.69, 9.17) is 20.9 Å². The maximum atomic E-state index is 10.8. The Morgan fingerprint density at radius 1 is 0.627 bits per heavy atom. The molecular formula is C38H24N6O4RuS2. The van der Waals surface area contributed by atoms with E-state index in [1.165, 1.54) is 69.5 Å². The molecule has 10 nitrogen and oxygen atoms in total. The first-order valence-electron chi connectivity index (χ1n) is 14.5. The molecule has 0 saturated heterocycles. The zero-order valence-corrected chi connectivity index (χ0v) is 29.6. The molecule has 51 heavy (non-hydrogen) atoms. The average molecular weight is 794 g/mol.